The smallest absolute Gasteiger partial charge is 0.276 e. The molecule has 0 fully saturated rings. The quantitative estimate of drug-likeness (QED) is 0.883. The van der Waals surface area contributed by atoms with E-state index < -0.39 is 11.8 Å². The maximum absolute atomic E-state index is 12.1. The SMILES string of the molecule is CC(C)n1nc(C(=O)Nc2ccc(C(N)=O)cc2)ccc1=O. The Balaban J connectivity index is 2.20. The molecule has 114 valence electrons. The number of rotatable bonds is 4. The first-order chi connectivity index (χ1) is 10.4. The summed E-state index contributed by atoms with van der Waals surface area (Å²) >= 11 is 0. The van der Waals surface area contributed by atoms with Crippen molar-refractivity contribution in [1.29, 1.82) is 0 Å². The van der Waals surface area contributed by atoms with Crippen molar-refractivity contribution in [3.63, 3.8) is 0 Å². The molecule has 0 aliphatic rings. The first-order valence-electron chi connectivity index (χ1n) is 6.69. The van der Waals surface area contributed by atoms with E-state index in [1.807, 2.05) is 0 Å². The molecule has 0 saturated carbocycles. The van der Waals surface area contributed by atoms with E-state index in [-0.39, 0.29) is 17.3 Å². The molecule has 0 bridgehead atoms. The first kappa shape index (κ1) is 15.4. The Morgan fingerprint density at radius 2 is 1.77 bits per heavy atom. The molecule has 0 radical (unpaired) electrons. The normalized spacial score (nSPS) is 10.5. The topological polar surface area (TPSA) is 107 Å². The predicted octanol–water partition coefficient (Wildman–Crippen LogP) is 1.18. The highest BCUT2D eigenvalue weighted by molar-refractivity contribution is 6.03. The van der Waals surface area contributed by atoms with Crippen LogP contribution in [0.3, 0.4) is 0 Å². The van der Waals surface area contributed by atoms with Crippen LogP contribution in [0.1, 0.15) is 40.7 Å². The molecule has 0 unspecified atom stereocenters. The average molecular weight is 300 g/mol. The fourth-order valence-electron chi connectivity index (χ4n) is 1.83. The summed E-state index contributed by atoms with van der Waals surface area (Å²) in [6.07, 6.45) is 0. The second kappa shape index (κ2) is 6.21. The molecule has 1 aromatic carbocycles. The minimum absolute atomic E-state index is 0.132. The summed E-state index contributed by atoms with van der Waals surface area (Å²) in [5, 5.41) is 6.67. The van der Waals surface area contributed by atoms with Gasteiger partial charge in [-0.25, -0.2) is 4.68 Å². The summed E-state index contributed by atoms with van der Waals surface area (Å²) in [5.41, 5.74) is 5.86. The minimum Gasteiger partial charge on any atom is -0.366 e. The summed E-state index contributed by atoms with van der Waals surface area (Å²) in [7, 11) is 0. The Morgan fingerprint density at radius 3 is 2.32 bits per heavy atom. The van der Waals surface area contributed by atoms with Gasteiger partial charge in [-0.1, -0.05) is 0 Å². The lowest BCUT2D eigenvalue weighted by Crippen LogP contribution is -2.27. The number of hydrogen-bond donors (Lipinski definition) is 2. The molecular formula is C15H16N4O3. The van der Waals surface area contributed by atoms with Crippen LogP contribution in [0.25, 0.3) is 0 Å². The zero-order valence-corrected chi connectivity index (χ0v) is 12.2. The standard InChI is InChI=1S/C15H16N4O3/c1-9(2)19-13(20)8-7-12(18-19)15(22)17-11-5-3-10(4-6-11)14(16)21/h3-9H,1-2H3,(H2,16,21)(H,17,22). The van der Waals surface area contributed by atoms with Crippen LogP contribution in [0.15, 0.2) is 41.2 Å². The molecule has 1 aromatic heterocycles. The van der Waals surface area contributed by atoms with Gasteiger partial charge in [0.2, 0.25) is 5.91 Å². The van der Waals surface area contributed by atoms with E-state index >= 15 is 0 Å². The van der Waals surface area contributed by atoms with Crippen molar-refractivity contribution in [1.82, 2.24) is 9.78 Å². The van der Waals surface area contributed by atoms with Crippen molar-refractivity contribution < 1.29 is 9.59 Å². The lowest BCUT2D eigenvalue weighted by molar-refractivity contribution is 0.0997. The van der Waals surface area contributed by atoms with Crippen molar-refractivity contribution in [2.24, 2.45) is 5.73 Å². The Hall–Kier alpha value is -2.96. The molecule has 1 heterocycles. The average Bonchev–Trinajstić information content (AvgIpc) is 2.47. The van der Waals surface area contributed by atoms with E-state index in [9.17, 15) is 14.4 Å². The maximum atomic E-state index is 12.1. The second-order valence-corrected chi connectivity index (χ2v) is 4.99. The lowest BCUT2D eigenvalue weighted by atomic mass is 10.2. The van der Waals surface area contributed by atoms with Gasteiger partial charge >= 0.3 is 0 Å². The molecular weight excluding hydrogens is 284 g/mol. The highest BCUT2D eigenvalue weighted by Gasteiger charge is 2.11. The lowest BCUT2D eigenvalue weighted by Gasteiger charge is -2.10. The highest BCUT2D eigenvalue weighted by Crippen LogP contribution is 2.10. The summed E-state index contributed by atoms with van der Waals surface area (Å²) in [6, 6.07) is 8.69. The summed E-state index contributed by atoms with van der Waals surface area (Å²) in [5.74, 6) is -0.982. The molecule has 2 rings (SSSR count). The number of aromatic nitrogens is 2. The van der Waals surface area contributed by atoms with Crippen molar-refractivity contribution in [3.05, 3.63) is 58.0 Å². The Morgan fingerprint density at radius 1 is 1.14 bits per heavy atom. The summed E-state index contributed by atoms with van der Waals surface area (Å²) < 4.78 is 1.24. The number of anilines is 1. The number of nitrogens with one attached hydrogen (secondary N) is 1. The largest absolute Gasteiger partial charge is 0.366 e. The molecule has 2 amide bonds. The number of nitrogens with two attached hydrogens (primary N) is 1. The van der Waals surface area contributed by atoms with Gasteiger partial charge in [0.25, 0.3) is 11.5 Å². The van der Waals surface area contributed by atoms with Crippen molar-refractivity contribution in [2.75, 3.05) is 5.32 Å². The third kappa shape index (κ3) is 3.38. The predicted molar refractivity (Wildman–Crippen MR) is 81.8 cm³/mol. The molecule has 0 saturated heterocycles. The Kier molecular flexibility index (Phi) is 4.36. The van der Waals surface area contributed by atoms with Crippen LogP contribution in [0.5, 0.6) is 0 Å². The molecule has 0 aliphatic heterocycles. The molecule has 22 heavy (non-hydrogen) atoms. The number of amides is 2. The first-order valence-corrected chi connectivity index (χ1v) is 6.69. The Bertz CT molecular complexity index is 763. The van der Waals surface area contributed by atoms with Crippen LogP contribution in [-0.4, -0.2) is 21.6 Å². The zero-order valence-electron chi connectivity index (χ0n) is 12.2. The van der Waals surface area contributed by atoms with Gasteiger partial charge in [-0.3, -0.25) is 14.4 Å². The van der Waals surface area contributed by atoms with Gasteiger partial charge in [0, 0.05) is 17.3 Å². The van der Waals surface area contributed by atoms with Gasteiger partial charge in [-0.05, 0) is 44.2 Å². The highest BCUT2D eigenvalue weighted by atomic mass is 16.2. The minimum atomic E-state index is -0.538. The van der Waals surface area contributed by atoms with Crippen molar-refractivity contribution in [2.45, 2.75) is 19.9 Å². The number of nitrogens with zero attached hydrogens (tertiary/aromatic N) is 2. The van der Waals surface area contributed by atoms with Gasteiger partial charge in [0.1, 0.15) is 5.69 Å². The zero-order chi connectivity index (χ0) is 16.3. The van der Waals surface area contributed by atoms with E-state index in [0.717, 1.165) is 0 Å². The number of hydrogen-bond acceptors (Lipinski definition) is 4. The van der Waals surface area contributed by atoms with E-state index in [1.165, 1.54) is 28.9 Å². The van der Waals surface area contributed by atoms with Crippen molar-refractivity contribution in [3.8, 4) is 0 Å². The van der Waals surface area contributed by atoms with Gasteiger partial charge in [-0.15, -0.1) is 0 Å². The molecule has 7 heteroatoms. The van der Waals surface area contributed by atoms with Gasteiger partial charge < -0.3 is 11.1 Å². The Labute approximate surface area is 126 Å². The van der Waals surface area contributed by atoms with Gasteiger partial charge in [-0.2, -0.15) is 5.10 Å². The van der Waals surface area contributed by atoms with Crippen LogP contribution in [0.2, 0.25) is 0 Å². The van der Waals surface area contributed by atoms with Crippen LogP contribution in [0, 0.1) is 0 Å². The fraction of sp³-hybridized carbons (Fsp3) is 0.200. The number of carbonyl (C=O) groups excluding carboxylic acids is 2. The fourth-order valence-corrected chi connectivity index (χ4v) is 1.83. The van der Waals surface area contributed by atoms with Crippen molar-refractivity contribution >= 4 is 17.5 Å². The monoisotopic (exact) mass is 300 g/mol. The van der Waals surface area contributed by atoms with E-state index in [0.29, 0.717) is 11.3 Å². The number of primary amides is 1. The maximum Gasteiger partial charge on any atom is 0.276 e. The number of carbonyl (C=O) groups is 2. The molecule has 2 aromatic rings. The van der Waals surface area contributed by atoms with Crippen LogP contribution in [-0.2, 0) is 0 Å². The van der Waals surface area contributed by atoms with E-state index in [1.54, 1.807) is 26.0 Å². The van der Waals surface area contributed by atoms with E-state index in [4.69, 9.17) is 5.73 Å². The van der Waals surface area contributed by atoms with Gasteiger partial charge in [0.05, 0.1) is 6.04 Å². The molecule has 0 atom stereocenters. The molecule has 0 spiro atoms. The van der Waals surface area contributed by atoms with E-state index in [2.05, 4.69) is 10.4 Å². The van der Waals surface area contributed by atoms with Crippen LogP contribution < -0.4 is 16.6 Å². The number of benzene rings is 1. The third-order valence-electron chi connectivity index (χ3n) is 2.97. The van der Waals surface area contributed by atoms with Gasteiger partial charge in [0.15, 0.2) is 0 Å². The molecule has 3 N–H and O–H groups in total. The third-order valence-corrected chi connectivity index (χ3v) is 2.97. The van der Waals surface area contributed by atoms with Crippen LogP contribution in [0.4, 0.5) is 5.69 Å². The summed E-state index contributed by atoms with van der Waals surface area (Å²) in [6.45, 7) is 3.61. The molecule has 7 nitrogen and oxygen atoms in total. The second-order valence-electron chi connectivity index (χ2n) is 4.99. The molecule has 0 aliphatic carbocycles. The van der Waals surface area contributed by atoms with Crippen LogP contribution >= 0.6 is 0 Å². The summed E-state index contributed by atoms with van der Waals surface area (Å²) in [4.78, 5) is 34.7.